The van der Waals surface area contributed by atoms with Crippen molar-refractivity contribution in [2.45, 2.75) is 44.4 Å². The first-order chi connectivity index (χ1) is 9.60. The molecule has 5 nitrogen and oxygen atoms in total. The summed E-state index contributed by atoms with van der Waals surface area (Å²) in [5.41, 5.74) is 7.60. The Balaban J connectivity index is 1.88. The quantitative estimate of drug-likeness (QED) is 0.791. The minimum absolute atomic E-state index is 0.00109. The van der Waals surface area contributed by atoms with E-state index < -0.39 is 0 Å². The lowest BCUT2D eigenvalue weighted by molar-refractivity contribution is 0.0882. The van der Waals surface area contributed by atoms with Crippen LogP contribution in [0, 0.1) is 0 Å². The average molecular weight is 277 g/mol. The third-order valence-electron chi connectivity index (χ3n) is 3.77. The number of urea groups is 1. The second-order valence-corrected chi connectivity index (χ2v) is 5.32. The van der Waals surface area contributed by atoms with E-state index in [1.165, 1.54) is 0 Å². The fraction of sp³-hybridized carbons (Fsp3) is 0.533. The molecular formula is C15H23N3O2. The molecule has 1 aliphatic rings. The lowest BCUT2D eigenvalue weighted by atomic mass is 10.1. The van der Waals surface area contributed by atoms with E-state index in [2.05, 4.69) is 10.6 Å². The van der Waals surface area contributed by atoms with Gasteiger partial charge in [0.2, 0.25) is 0 Å². The zero-order valence-corrected chi connectivity index (χ0v) is 12.1. The molecule has 20 heavy (non-hydrogen) atoms. The molecule has 0 radical (unpaired) electrons. The van der Waals surface area contributed by atoms with Gasteiger partial charge in [-0.05, 0) is 43.9 Å². The van der Waals surface area contributed by atoms with Gasteiger partial charge in [0.25, 0.3) is 0 Å². The highest BCUT2D eigenvalue weighted by Gasteiger charge is 2.28. The summed E-state index contributed by atoms with van der Waals surface area (Å²) in [5.74, 6) is 0. The number of nitrogens with one attached hydrogen (secondary N) is 2. The molecule has 0 spiro atoms. The number of rotatable bonds is 4. The first kappa shape index (κ1) is 14.8. The van der Waals surface area contributed by atoms with Crippen molar-refractivity contribution < 1.29 is 9.53 Å². The van der Waals surface area contributed by atoms with E-state index in [9.17, 15) is 4.79 Å². The second kappa shape index (κ2) is 6.72. The van der Waals surface area contributed by atoms with Gasteiger partial charge in [0.1, 0.15) is 0 Å². The summed E-state index contributed by atoms with van der Waals surface area (Å²) in [5, 5.41) is 5.80. The zero-order chi connectivity index (χ0) is 14.5. The number of nitrogens with two attached hydrogens (primary N) is 1. The Bertz CT molecular complexity index is 445. The highest BCUT2D eigenvalue weighted by molar-refractivity contribution is 5.89. The Morgan fingerprint density at radius 2 is 2.05 bits per heavy atom. The highest BCUT2D eigenvalue weighted by atomic mass is 16.5. The van der Waals surface area contributed by atoms with Crippen LogP contribution >= 0.6 is 0 Å². The van der Waals surface area contributed by atoms with Crippen LogP contribution in [0.1, 0.15) is 37.8 Å². The molecule has 1 fully saturated rings. The fourth-order valence-corrected chi connectivity index (χ4v) is 2.58. The molecule has 1 aromatic carbocycles. The van der Waals surface area contributed by atoms with Crippen molar-refractivity contribution in [3.05, 3.63) is 29.8 Å². The molecule has 2 rings (SSSR count). The predicted molar refractivity (Wildman–Crippen MR) is 79.6 cm³/mol. The van der Waals surface area contributed by atoms with Gasteiger partial charge in [0.15, 0.2) is 0 Å². The SMILES string of the molecule is COC1CCCC1NC(=O)Nc1ccc(C(C)N)cc1. The number of carbonyl (C=O) groups excluding carboxylic acids is 1. The standard InChI is InChI=1S/C15H23N3O2/c1-10(16)11-6-8-12(9-7-11)17-15(19)18-13-4-3-5-14(13)20-2/h6-10,13-14H,3-5,16H2,1-2H3,(H2,17,18,19). The Morgan fingerprint density at radius 3 is 2.65 bits per heavy atom. The average Bonchev–Trinajstić information content (AvgIpc) is 2.86. The maximum absolute atomic E-state index is 11.9. The molecule has 5 heteroatoms. The van der Waals surface area contributed by atoms with Crippen molar-refractivity contribution in [2.24, 2.45) is 5.73 Å². The summed E-state index contributed by atoms with van der Waals surface area (Å²) in [7, 11) is 1.69. The molecular weight excluding hydrogens is 254 g/mol. The largest absolute Gasteiger partial charge is 0.379 e. The number of benzene rings is 1. The number of methoxy groups -OCH3 is 1. The molecule has 0 bridgehead atoms. The van der Waals surface area contributed by atoms with Crippen molar-refractivity contribution in [1.82, 2.24) is 5.32 Å². The number of hydrogen-bond acceptors (Lipinski definition) is 3. The van der Waals surface area contributed by atoms with Crippen LogP contribution in [0.5, 0.6) is 0 Å². The van der Waals surface area contributed by atoms with Crippen molar-refractivity contribution in [1.29, 1.82) is 0 Å². The van der Waals surface area contributed by atoms with Crippen molar-refractivity contribution in [2.75, 3.05) is 12.4 Å². The summed E-state index contributed by atoms with van der Waals surface area (Å²) in [6.45, 7) is 1.93. The summed E-state index contributed by atoms with van der Waals surface area (Å²) in [6, 6.07) is 7.48. The lowest BCUT2D eigenvalue weighted by Crippen LogP contribution is -2.42. The van der Waals surface area contributed by atoms with E-state index in [1.54, 1.807) is 7.11 Å². The van der Waals surface area contributed by atoms with Crippen molar-refractivity contribution in [3.8, 4) is 0 Å². The van der Waals surface area contributed by atoms with Crippen LogP contribution in [-0.4, -0.2) is 25.3 Å². The third kappa shape index (κ3) is 3.71. The Hall–Kier alpha value is -1.59. The van der Waals surface area contributed by atoms with Crippen molar-refractivity contribution >= 4 is 11.7 Å². The van der Waals surface area contributed by atoms with Gasteiger partial charge < -0.3 is 21.1 Å². The van der Waals surface area contributed by atoms with Gasteiger partial charge in [-0.3, -0.25) is 0 Å². The van der Waals surface area contributed by atoms with Crippen LogP contribution in [0.2, 0.25) is 0 Å². The predicted octanol–water partition coefficient (Wildman–Crippen LogP) is 2.40. The number of amides is 2. The summed E-state index contributed by atoms with van der Waals surface area (Å²) >= 11 is 0. The van der Waals surface area contributed by atoms with E-state index in [1.807, 2.05) is 31.2 Å². The van der Waals surface area contributed by atoms with Gasteiger partial charge in [-0.2, -0.15) is 0 Å². The molecule has 3 atom stereocenters. The second-order valence-electron chi connectivity index (χ2n) is 5.32. The minimum Gasteiger partial charge on any atom is -0.379 e. The lowest BCUT2D eigenvalue weighted by Gasteiger charge is -2.20. The molecule has 0 heterocycles. The maximum Gasteiger partial charge on any atom is 0.319 e. The van der Waals surface area contributed by atoms with Gasteiger partial charge in [-0.15, -0.1) is 0 Å². The van der Waals surface area contributed by atoms with Crippen LogP contribution in [0.4, 0.5) is 10.5 Å². The van der Waals surface area contributed by atoms with Crippen LogP contribution in [0.15, 0.2) is 24.3 Å². The van der Waals surface area contributed by atoms with Gasteiger partial charge in [-0.25, -0.2) is 4.79 Å². The number of ether oxygens (including phenoxy) is 1. The van der Waals surface area contributed by atoms with Crippen LogP contribution in [-0.2, 0) is 4.74 Å². The Kier molecular flexibility index (Phi) is 4.98. The van der Waals surface area contributed by atoms with E-state index in [0.29, 0.717) is 0 Å². The fourth-order valence-electron chi connectivity index (χ4n) is 2.58. The molecule has 4 N–H and O–H groups in total. The molecule has 2 amide bonds. The smallest absolute Gasteiger partial charge is 0.319 e. The number of carbonyl (C=O) groups is 1. The molecule has 0 aromatic heterocycles. The molecule has 3 unspecified atom stereocenters. The molecule has 1 aliphatic carbocycles. The van der Waals surface area contributed by atoms with Crippen LogP contribution < -0.4 is 16.4 Å². The Morgan fingerprint density at radius 1 is 1.35 bits per heavy atom. The van der Waals surface area contributed by atoms with E-state index in [0.717, 1.165) is 30.5 Å². The van der Waals surface area contributed by atoms with Gasteiger partial charge in [-0.1, -0.05) is 12.1 Å². The summed E-state index contributed by atoms with van der Waals surface area (Å²) in [4.78, 5) is 11.9. The van der Waals surface area contributed by atoms with Gasteiger partial charge >= 0.3 is 6.03 Å². The molecule has 0 aliphatic heterocycles. The number of anilines is 1. The summed E-state index contributed by atoms with van der Waals surface area (Å²) in [6.07, 6.45) is 3.19. The zero-order valence-electron chi connectivity index (χ0n) is 12.1. The molecule has 1 aromatic rings. The molecule has 110 valence electrons. The monoisotopic (exact) mass is 277 g/mol. The van der Waals surface area contributed by atoms with Crippen LogP contribution in [0.25, 0.3) is 0 Å². The van der Waals surface area contributed by atoms with E-state index in [-0.39, 0.29) is 24.2 Å². The minimum atomic E-state index is -0.188. The van der Waals surface area contributed by atoms with E-state index in [4.69, 9.17) is 10.5 Å². The van der Waals surface area contributed by atoms with Crippen molar-refractivity contribution in [3.63, 3.8) is 0 Å². The van der Waals surface area contributed by atoms with E-state index >= 15 is 0 Å². The first-order valence-electron chi connectivity index (χ1n) is 7.06. The Labute approximate surface area is 119 Å². The normalized spacial score (nSPS) is 23.4. The van der Waals surface area contributed by atoms with Gasteiger partial charge in [0.05, 0.1) is 12.1 Å². The maximum atomic E-state index is 11.9. The van der Waals surface area contributed by atoms with Crippen LogP contribution in [0.3, 0.4) is 0 Å². The number of hydrogen-bond donors (Lipinski definition) is 3. The third-order valence-corrected chi connectivity index (χ3v) is 3.77. The first-order valence-corrected chi connectivity index (χ1v) is 7.06. The van der Waals surface area contributed by atoms with Gasteiger partial charge in [0, 0.05) is 18.8 Å². The summed E-state index contributed by atoms with van der Waals surface area (Å²) < 4.78 is 5.36. The topological polar surface area (TPSA) is 76.4 Å². The highest BCUT2D eigenvalue weighted by Crippen LogP contribution is 2.21. The molecule has 0 saturated heterocycles. The molecule has 1 saturated carbocycles.